The third-order valence-electron chi connectivity index (χ3n) is 2.26. The highest BCUT2D eigenvalue weighted by molar-refractivity contribution is 6.02. The number of nitrogen functional groups attached to an aromatic ring is 1. The summed E-state index contributed by atoms with van der Waals surface area (Å²) in [4.78, 5) is 11.1. The van der Waals surface area contributed by atoms with Crippen molar-refractivity contribution < 1.29 is 13.6 Å². The molecule has 0 unspecified atom stereocenters. The molecule has 13 heavy (non-hydrogen) atoms. The standard InChI is InChI=1S/C9H7F2NO/c10-5-3-6(11)9(12)4-1-2-7(13)8(4)5/h3H,1-2,12H2. The summed E-state index contributed by atoms with van der Waals surface area (Å²) < 4.78 is 26.0. The number of benzene rings is 1. The Labute approximate surface area is 73.4 Å². The molecule has 1 aromatic carbocycles. The first-order chi connectivity index (χ1) is 6.11. The number of Topliss-reactive ketones (excluding diaryl/α,β-unsaturated/α-hetero) is 1. The third-order valence-corrected chi connectivity index (χ3v) is 2.26. The summed E-state index contributed by atoms with van der Waals surface area (Å²) in [5, 5.41) is 0. The molecule has 0 aromatic heterocycles. The topological polar surface area (TPSA) is 43.1 Å². The second kappa shape index (κ2) is 2.52. The molecule has 2 rings (SSSR count). The molecule has 1 aliphatic rings. The zero-order chi connectivity index (χ0) is 9.59. The SMILES string of the molecule is Nc1c(F)cc(F)c2c1CCC2=O. The Hall–Kier alpha value is -1.45. The van der Waals surface area contributed by atoms with E-state index in [4.69, 9.17) is 5.73 Å². The fraction of sp³-hybridized carbons (Fsp3) is 0.222. The molecule has 0 fully saturated rings. The maximum Gasteiger partial charge on any atom is 0.166 e. The van der Waals surface area contributed by atoms with Gasteiger partial charge in [-0.05, 0) is 12.0 Å². The van der Waals surface area contributed by atoms with Crippen molar-refractivity contribution in [2.45, 2.75) is 12.8 Å². The van der Waals surface area contributed by atoms with Gasteiger partial charge < -0.3 is 5.73 Å². The van der Waals surface area contributed by atoms with Crippen LogP contribution in [0.1, 0.15) is 22.3 Å². The van der Waals surface area contributed by atoms with Crippen LogP contribution >= 0.6 is 0 Å². The number of hydrogen-bond acceptors (Lipinski definition) is 2. The lowest BCUT2D eigenvalue weighted by atomic mass is 10.1. The predicted octanol–water partition coefficient (Wildman–Crippen LogP) is 1.68. The predicted molar refractivity (Wildman–Crippen MR) is 43.4 cm³/mol. The number of hydrogen-bond donors (Lipinski definition) is 1. The lowest BCUT2D eigenvalue weighted by molar-refractivity contribution is 0.0991. The molecule has 1 aromatic rings. The highest BCUT2D eigenvalue weighted by atomic mass is 19.1. The first-order valence-corrected chi connectivity index (χ1v) is 3.91. The second-order valence-corrected chi connectivity index (χ2v) is 3.03. The Morgan fingerprint density at radius 3 is 2.62 bits per heavy atom. The minimum atomic E-state index is -0.802. The number of carbonyl (C=O) groups is 1. The minimum absolute atomic E-state index is 0.0288. The van der Waals surface area contributed by atoms with Crippen LogP contribution in [0.5, 0.6) is 0 Å². The zero-order valence-electron chi connectivity index (χ0n) is 6.73. The van der Waals surface area contributed by atoms with Gasteiger partial charge in [0.15, 0.2) is 5.78 Å². The van der Waals surface area contributed by atoms with E-state index in [9.17, 15) is 13.6 Å². The molecule has 0 saturated heterocycles. The Morgan fingerprint density at radius 2 is 1.92 bits per heavy atom. The Kier molecular flexibility index (Phi) is 1.58. The Balaban J connectivity index is 2.76. The number of fused-ring (bicyclic) bond motifs is 1. The van der Waals surface area contributed by atoms with Crippen LogP contribution < -0.4 is 5.73 Å². The van der Waals surface area contributed by atoms with Gasteiger partial charge in [-0.2, -0.15) is 0 Å². The van der Waals surface area contributed by atoms with Crippen molar-refractivity contribution in [1.29, 1.82) is 0 Å². The van der Waals surface area contributed by atoms with Gasteiger partial charge in [0, 0.05) is 12.5 Å². The summed E-state index contributed by atoms with van der Waals surface area (Å²) in [6.07, 6.45) is 0.564. The van der Waals surface area contributed by atoms with Gasteiger partial charge in [0.2, 0.25) is 0 Å². The Bertz CT molecular complexity index is 401. The minimum Gasteiger partial charge on any atom is -0.396 e. The molecular weight excluding hydrogens is 176 g/mol. The van der Waals surface area contributed by atoms with E-state index in [2.05, 4.69) is 0 Å². The van der Waals surface area contributed by atoms with Gasteiger partial charge >= 0.3 is 0 Å². The summed E-state index contributed by atoms with van der Waals surface area (Å²) in [7, 11) is 0. The molecular formula is C9H7F2NO. The summed E-state index contributed by atoms with van der Waals surface area (Å²) >= 11 is 0. The summed E-state index contributed by atoms with van der Waals surface area (Å²) in [6.45, 7) is 0. The summed E-state index contributed by atoms with van der Waals surface area (Å²) in [5.74, 6) is -1.88. The summed E-state index contributed by atoms with van der Waals surface area (Å²) in [6, 6.07) is 0.664. The third kappa shape index (κ3) is 1.02. The molecule has 68 valence electrons. The van der Waals surface area contributed by atoms with Gasteiger partial charge in [0.25, 0.3) is 0 Å². The monoisotopic (exact) mass is 183 g/mol. The van der Waals surface area contributed by atoms with E-state index >= 15 is 0 Å². The lowest BCUT2D eigenvalue weighted by Crippen LogP contribution is -2.02. The van der Waals surface area contributed by atoms with Gasteiger partial charge in [0.1, 0.15) is 11.6 Å². The van der Waals surface area contributed by atoms with Gasteiger partial charge in [-0.25, -0.2) is 8.78 Å². The van der Waals surface area contributed by atoms with Crippen LogP contribution in [0.2, 0.25) is 0 Å². The molecule has 0 amide bonds. The van der Waals surface area contributed by atoms with Crippen LogP contribution in [0, 0.1) is 11.6 Å². The number of anilines is 1. The van der Waals surface area contributed by atoms with E-state index in [1.807, 2.05) is 0 Å². The Morgan fingerprint density at radius 1 is 1.23 bits per heavy atom. The molecule has 0 bridgehead atoms. The maximum atomic E-state index is 13.1. The first-order valence-electron chi connectivity index (χ1n) is 3.91. The van der Waals surface area contributed by atoms with Crippen molar-refractivity contribution in [3.05, 3.63) is 28.8 Å². The van der Waals surface area contributed by atoms with Crippen LogP contribution in [-0.4, -0.2) is 5.78 Å². The van der Waals surface area contributed by atoms with Crippen molar-refractivity contribution in [3.8, 4) is 0 Å². The molecule has 0 saturated carbocycles. The molecule has 4 heteroatoms. The van der Waals surface area contributed by atoms with E-state index in [0.29, 0.717) is 18.1 Å². The average Bonchev–Trinajstić information content (AvgIpc) is 2.44. The fourth-order valence-corrected chi connectivity index (χ4v) is 1.61. The average molecular weight is 183 g/mol. The van der Waals surface area contributed by atoms with Gasteiger partial charge in [-0.3, -0.25) is 4.79 Å². The van der Waals surface area contributed by atoms with Gasteiger partial charge in [-0.1, -0.05) is 0 Å². The zero-order valence-corrected chi connectivity index (χ0v) is 6.73. The molecule has 0 heterocycles. The molecule has 1 aliphatic carbocycles. The number of carbonyl (C=O) groups excluding carboxylic acids is 1. The lowest BCUT2D eigenvalue weighted by Gasteiger charge is -2.04. The first kappa shape index (κ1) is 8.16. The highest BCUT2D eigenvalue weighted by Crippen LogP contribution is 2.31. The van der Waals surface area contributed by atoms with Crippen molar-refractivity contribution in [1.82, 2.24) is 0 Å². The van der Waals surface area contributed by atoms with E-state index in [-0.39, 0.29) is 23.5 Å². The van der Waals surface area contributed by atoms with Crippen LogP contribution in [0.25, 0.3) is 0 Å². The van der Waals surface area contributed by atoms with Crippen molar-refractivity contribution in [2.75, 3.05) is 5.73 Å². The van der Waals surface area contributed by atoms with E-state index in [1.54, 1.807) is 0 Å². The van der Waals surface area contributed by atoms with E-state index < -0.39 is 11.6 Å². The fourth-order valence-electron chi connectivity index (χ4n) is 1.61. The van der Waals surface area contributed by atoms with Gasteiger partial charge in [0.05, 0.1) is 11.3 Å². The molecule has 2 nitrogen and oxygen atoms in total. The highest BCUT2D eigenvalue weighted by Gasteiger charge is 2.27. The molecule has 0 radical (unpaired) electrons. The number of nitrogens with two attached hydrogens (primary N) is 1. The van der Waals surface area contributed by atoms with E-state index in [0.717, 1.165) is 0 Å². The van der Waals surface area contributed by atoms with Crippen LogP contribution in [0.15, 0.2) is 6.07 Å². The quantitative estimate of drug-likeness (QED) is 0.622. The summed E-state index contributed by atoms with van der Waals surface area (Å²) in [5.41, 5.74) is 5.57. The molecule has 0 aliphatic heterocycles. The van der Waals surface area contributed by atoms with Crippen LogP contribution in [-0.2, 0) is 6.42 Å². The maximum absolute atomic E-state index is 13.1. The van der Waals surface area contributed by atoms with Gasteiger partial charge in [-0.15, -0.1) is 0 Å². The normalized spacial score (nSPS) is 14.8. The number of ketones is 1. The largest absolute Gasteiger partial charge is 0.396 e. The van der Waals surface area contributed by atoms with Crippen molar-refractivity contribution in [2.24, 2.45) is 0 Å². The molecule has 0 spiro atoms. The van der Waals surface area contributed by atoms with Crippen molar-refractivity contribution in [3.63, 3.8) is 0 Å². The smallest absolute Gasteiger partial charge is 0.166 e. The molecule has 2 N–H and O–H groups in total. The second-order valence-electron chi connectivity index (χ2n) is 3.03. The number of halogens is 2. The van der Waals surface area contributed by atoms with Crippen molar-refractivity contribution >= 4 is 11.5 Å². The molecule has 0 atom stereocenters. The number of rotatable bonds is 0. The van der Waals surface area contributed by atoms with Crippen LogP contribution in [0.3, 0.4) is 0 Å². The van der Waals surface area contributed by atoms with E-state index in [1.165, 1.54) is 0 Å². The van der Waals surface area contributed by atoms with Crippen LogP contribution in [0.4, 0.5) is 14.5 Å².